The fraction of sp³-hybridized carbons (Fsp3) is 0.562. The van der Waals surface area contributed by atoms with E-state index in [9.17, 15) is 18.0 Å². The first-order valence-electron chi connectivity index (χ1n) is 7.67. The summed E-state index contributed by atoms with van der Waals surface area (Å²) in [4.78, 5) is 12.3. The molecule has 1 aliphatic heterocycles. The molecule has 0 spiro atoms. The highest BCUT2D eigenvalue weighted by Crippen LogP contribution is 2.35. The summed E-state index contributed by atoms with van der Waals surface area (Å²) in [5.41, 5.74) is -0.820. The van der Waals surface area contributed by atoms with Gasteiger partial charge in [0.05, 0.1) is 17.9 Å². The Kier molecular flexibility index (Phi) is 6.06. The van der Waals surface area contributed by atoms with Crippen molar-refractivity contribution >= 4 is 11.6 Å². The van der Waals surface area contributed by atoms with Gasteiger partial charge in [-0.15, -0.1) is 0 Å². The normalized spacial score (nSPS) is 16.4. The first kappa shape index (κ1) is 18.5. The van der Waals surface area contributed by atoms with E-state index in [0.29, 0.717) is 6.61 Å². The molecule has 1 fully saturated rings. The topological polar surface area (TPSA) is 59.6 Å². The number of carbonyl (C=O) groups excluding carboxylic acids is 1. The highest BCUT2D eigenvalue weighted by Gasteiger charge is 2.32. The van der Waals surface area contributed by atoms with E-state index in [0.717, 1.165) is 25.2 Å². The number of alkyl halides is 3. The third-order valence-corrected chi connectivity index (χ3v) is 4.04. The molecular formula is C16H21F3N2O3. The smallest absolute Gasteiger partial charge is 0.416 e. The van der Waals surface area contributed by atoms with E-state index in [4.69, 9.17) is 9.47 Å². The number of halogens is 3. The third-order valence-electron chi connectivity index (χ3n) is 4.04. The van der Waals surface area contributed by atoms with E-state index in [1.165, 1.54) is 13.2 Å². The summed E-state index contributed by atoms with van der Waals surface area (Å²) >= 11 is 0. The van der Waals surface area contributed by atoms with Gasteiger partial charge in [0.25, 0.3) is 0 Å². The maximum atomic E-state index is 12.9. The average molecular weight is 346 g/mol. The molecule has 1 aliphatic rings. The maximum Gasteiger partial charge on any atom is 0.416 e. The van der Waals surface area contributed by atoms with Gasteiger partial charge >= 0.3 is 6.18 Å². The monoisotopic (exact) mass is 346 g/mol. The van der Waals surface area contributed by atoms with Crippen molar-refractivity contribution in [3.05, 3.63) is 23.8 Å². The molecule has 1 heterocycles. The molecule has 2 rings (SSSR count). The van der Waals surface area contributed by atoms with Gasteiger partial charge in [-0.2, -0.15) is 13.2 Å². The number of benzene rings is 1. The first-order chi connectivity index (χ1) is 11.3. The third kappa shape index (κ3) is 4.61. The van der Waals surface area contributed by atoms with Crippen molar-refractivity contribution in [3.63, 3.8) is 0 Å². The molecule has 0 aliphatic carbocycles. The predicted octanol–water partition coefficient (Wildman–Crippen LogP) is 2.52. The van der Waals surface area contributed by atoms with Gasteiger partial charge in [-0.3, -0.25) is 4.79 Å². The Morgan fingerprint density at radius 1 is 1.38 bits per heavy atom. The minimum Gasteiger partial charge on any atom is -0.489 e. The van der Waals surface area contributed by atoms with Gasteiger partial charge < -0.3 is 20.1 Å². The number of amides is 1. The molecule has 0 saturated carbocycles. The summed E-state index contributed by atoms with van der Waals surface area (Å²) in [7, 11) is 1.49. The van der Waals surface area contributed by atoms with Crippen molar-refractivity contribution in [1.82, 2.24) is 5.32 Å². The second-order valence-corrected chi connectivity index (χ2v) is 5.75. The fourth-order valence-electron chi connectivity index (χ4n) is 2.29. The zero-order chi connectivity index (χ0) is 17.7. The number of methoxy groups -OCH3 is 1. The Morgan fingerprint density at radius 2 is 2.08 bits per heavy atom. The Morgan fingerprint density at radius 3 is 2.62 bits per heavy atom. The molecule has 1 atom stereocenters. The van der Waals surface area contributed by atoms with Crippen LogP contribution in [0.2, 0.25) is 0 Å². The number of carbonyl (C=O) groups is 1. The Balaban J connectivity index is 2.17. The molecule has 2 N–H and O–H groups in total. The van der Waals surface area contributed by atoms with Crippen molar-refractivity contribution in [1.29, 1.82) is 0 Å². The van der Waals surface area contributed by atoms with Crippen molar-refractivity contribution in [2.45, 2.75) is 13.1 Å². The molecular weight excluding hydrogens is 325 g/mol. The first-order valence-corrected chi connectivity index (χ1v) is 7.67. The standard InChI is InChI=1S/C16H21F3N2O3/c1-10(11-8-20-9-11)15(22)21-13-7-12(16(17,18)19)3-4-14(13)24-6-5-23-2/h3-4,7,10-11,20H,5-6,8-9H2,1-2H3,(H,21,22). The Hall–Kier alpha value is -1.80. The molecule has 0 radical (unpaired) electrons. The second kappa shape index (κ2) is 7.85. The summed E-state index contributed by atoms with van der Waals surface area (Å²) in [5.74, 6) is -0.244. The van der Waals surface area contributed by atoms with Gasteiger partial charge in [-0.05, 0) is 37.2 Å². The zero-order valence-electron chi connectivity index (χ0n) is 13.6. The lowest BCUT2D eigenvalue weighted by molar-refractivity contribution is -0.137. The number of rotatable bonds is 7. The summed E-state index contributed by atoms with van der Waals surface area (Å²) in [6.07, 6.45) is -4.49. The van der Waals surface area contributed by atoms with Gasteiger partial charge in [0.2, 0.25) is 5.91 Å². The number of anilines is 1. The van der Waals surface area contributed by atoms with Crippen LogP contribution in [-0.4, -0.2) is 39.3 Å². The summed E-state index contributed by atoms with van der Waals surface area (Å²) < 4.78 is 49.0. The van der Waals surface area contributed by atoms with Crippen LogP contribution in [0.3, 0.4) is 0 Å². The van der Waals surface area contributed by atoms with Crippen molar-refractivity contribution < 1.29 is 27.4 Å². The second-order valence-electron chi connectivity index (χ2n) is 5.75. The number of hydrogen-bond donors (Lipinski definition) is 2. The van der Waals surface area contributed by atoms with Crippen molar-refractivity contribution in [2.24, 2.45) is 11.8 Å². The van der Waals surface area contributed by atoms with E-state index in [1.807, 2.05) is 0 Å². The lowest BCUT2D eigenvalue weighted by Gasteiger charge is -2.31. The number of ether oxygens (including phenoxy) is 2. The molecule has 1 unspecified atom stereocenters. The fourth-order valence-corrected chi connectivity index (χ4v) is 2.29. The van der Waals surface area contributed by atoms with Gasteiger partial charge in [-0.1, -0.05) is 6.92 Å². The number of hydrogen-bond acceptors (Lipinski definition) is 4. The van der Waals surface area contributed by atoms with Crippen LogP contribution < -0.4 is 15.4 Å². The number of nitrogens with one attached hydrogen (secondary N) is 2. The summed E-state index contributed by atoms with van der Waals surface area (Å²) in [6, 6.07) is 3.03. The van der Waals surface area contributed by atoms with E-state index < -0.39 is 11.7 Å². The van der Waals surface area contributed by atoms with Crippen LogP contribution >= 0.6 is 0 Å². The van der Waals surface area contributed by atoms with Gasteiger partial charge in [0.15, 0.2) is 0 Å². The van der Waals surface area contributed by atoms with E-state index >= 15 is 0 Å². The van der Waals surface area contributed by atoms with Crippen LogP contribution in [0.15, 0.2) is 18.2 Å². The SMILES string of the molecule is COCCOc1ccc(C(F)(F)F)cc1NC(=O)C(C)C1CNC1. The highest BCUT2D eigenvalue weighted by molar-refractivity contribution is 5.94. The van der Waals surface area contributed by atoms with E-state index in [1.54, 1.807) is 6.92 Å². The maximum absolute atomic E-state index is 12.9. The van der Waals surface area contributed by atoms with Crippen molar-refractivity contribution in [3.8, 4) is 5.75 Å². The molecule has 134 valence electrons. The van der Waals surface area contributed by atoms with E-state index in [-0.39, 0.29) is 35.8 Å². The van der Waals surface area contributed by atoms with Gasteiger partial charge in [0.1, 0.15) is 12.4 Å². The van der Waals surface area contributed by atoms with E-state index in [2.05, 4.69) is 10.6 Å². The molecule has 24 heavy (non-hydrogen) atoms. The molecule has 1 amide bonds. The molecule has 0 aromatic heterocycles. The predicted molar refractivity (Wildman–Crippen MR) is 83.0 cm³/mol. The molecule has 8 heteroatoms. The summed E-state index contributed by atoms with van der Waals surface area (Å²) in [5, 5.41) is 5.63. The Bertz CT molecular complexity index is 574. The molecule has 0 bridgehead atoms. The molecule has 1 saturated heterocycles. The molecule has 1 aromatic carbocycles. The minimum atomic E-state index is -4.49. The lowest BCUT2D eigenvalue weighted by atomic mass is 9.88. The zero-order valence-corrected chi connectivity index (χ0v) is 13.6. The van der Waals surface area contributed by atoms with Crippen LogP contribution in [0, 0.1) is 11.8 Å². The molecule has 5 nitrogen and oxygen atoms in total. The highest BCUT2D eigenvalue weighted by atomic mass is 19.4. The quantitative estimate of drug-likeness (QED) is 0.745. The minimum absolute atomic E-state index is 0.0186. The summed E-state index contributed by atoms with van der Waals surface area (Å²) in [6.45, 7) is 3.69. The van der Waals surface area contributed by atoms with Gasteiger partial charge in [0, 0.05) is 13.0 Å². The largest absolute Gasteiger partial charge is 0.489 e. The van der Waals surface area contributed by atoms with Crippen LogP contribution in [0.4, 0.5) is 18.9 Å². The Labute approximate surface area is 138 Å². The van der Waals surface area contributed by atoms with Gasteiger partial charge in [-0.25, -0.2) is 0 Å². The van der Waals surface area contributed by atoms with Crippen LogP contribution in [0.5, 0.6) is 5.75 Å². The van der Waals surface area contributed by atoms with Crippen LogP contribution in [0.25, 0.3) is 0 Å². The average Bonchev–Trinajstić information content (AvgIpc) is 2.46. The lowest BCUT2D eigenvalue weighted by Crippen LogP contribution is -2.48. The van der Waals surface area contributed by atoms with Crippen LogP contribution in [-0.2, 0) is 15.7 Å². The van der Waals surface area contributed by atoms with Crippen LogP contribution in [0.1, 0.15) is 12.5 Å². The molecule has 1 aromatic rings. The van der Waals surface area contributed by atoms with Crippen molar-refractivity contribution in [2.75, 3.05) is 38.7 Å².